The Balaban J connectivity index is 1.72. The van der Waals surface area contributed by atoms with E-state index in [1.165, 1.54) is 62.6 Å². The van der Waals surface area contributed by atoms with Gasteiger partial charge in [-0.3, -0.25) is 9.58 Å². The number of fused-ring (bicyclic) bond motifs is 1. The van der Waals surface area contributed by atoms with Crippen LogP contribution in [0.3, 0.4) is 0 Å². The zero-order chi connectivity index (χ0) is 16.2. The first kappa shape index (κ1) is 16.4. The van der Waals surface area contributed by atoms with E-state index in [-0.39, 0.29) is 0 Å². The summed E-state index contributed by atoms with van der Waals surface area (Å²) in [7, 11) is 1.97. The van der Waals surface area contributed by atoms with E-state index in [4.69, 9.17) is 0 Å². The highest BCUT2D eigenvalue weighted by Crippen LogP contribution is 2.25. The van der Waals surface area contributed by atoms with E-state index < -0.39 is 0 Å². The SMILES string of the molecule is CCCN(Cc1cnc2c(c1)c(C)nn2C)CC1CCCCC1. The Labute approximate surface area is 139 Å². The molecule has 23 heavy (non-hydrogen) atoms. The maximum Gasteiger partial charge on any atom is 0.157 e. The van der Waals surface area contributed by atoms with Crippen LogP contribution in [0.25, 0.3) is 11.0 Å². The van der Waals surface area contributed by atoms with Crippen LogP contribution >= 0.6 is 0 Å². The minimum atomic E-state index is 0.895. The number of nitrogens with zero attached hydrogens (tertiary/aromatic N) is 4. The van der Waals surface area contributed by atoms with E-state index in [1.807, 2.05) is 17.9 Å². The van der Waals surface area contributed by atoms with E-state index >= 15 is 0 Å². The van der Waals surface area contributed by atoms with Crippen molar-refractivity contribution in [3.05, 3.63) is 23.5 Å². The van der Waals surface area contributed by atoms with Crippen molar-refractivity contribution in [1.82, 2.24) is 19.7 Å². The summed E-state index contributed by atoms with van der Waals surface area (Å²) in [5.74, 6) is 0.895. The quantitative estimate of drug-likeness (QED) is 0.806. The summed E-state index contributed by atoms with van der Waals surface area (Å²) in [4.78, 5) is 7.26. The Hall–Kier alpha value is -1.42. The van der Waals surface area contributed by atoms with Crippen LogP contribution in [0.2, 0.25) is 0 Å². The summed E-state index contributed by atoms with van der Waals surface area (Å²) in [5.41, 5.74) is 3.38. The van der Waals surface area contributed by atoms with Crippen molar-refractivity contribution in [1.29, 1.82) is 0 Å². The van der Waals surface area contributed by atoms with Crippen LogP contribution in [0, 0.1) is 12.8 Å². The monoisotopic (exact) mass is 314 g/mol. The molecule has 0 N–H and O–H groups in total. The van der Waals surface area contributed by atoms with Crippen LogP contribution in [0.15, 0.2) is 12.3 Å². The Morgan fingerprint density at radius 2 is 2.04 bits per heavy atom. The highest BCUT2D eigenvalue weighted by Gasteiger charge is 2.17. The first-order chi connectivity index (χ1) is 11.2. The van der Waals surface area contributed by atoms with Gasteiger partial charge in [-0.25, -0.2) is 4.98 Å². The maximum absolute atomic E-state index is 4.64. The summed E-state index contributed by atoms with van der Waals surface area (Å²) in [6.07, 6.45) is 10.4. The fourth-order valence-electron chi connectivity index (χ4n) is 3.98. The summed E-state index contributed by atoms with van der Waals surface area (Å²) in [6, 6.07) is 2.29. The fourth-order valence-corrected chi connectivity index (χ4v) is 3.98. The molecule has 1 aliphatic rings. The van der Waals surface area contributed by atoms with E-state index in [9.17, 15) is 0 Å². The predicted molar refractivity (Wildman–Crippen MR) is 95.4 cm³/mol. The van der Waals surface area contributed by atoms with Gasteiger partial charge in [0, 0.05) is 31.7 Å². The normalized spacial score (nSPS) is 16.5. The molecule has 3 rings (SSSR count). The number of pyridine rings is 1. The van der Waals surface area contributed by atoms with Gasteiger partial charge in [0.05, 0.1) is 5.69 Å². The molecule has 0 atom stereocenters. The minimum absolute atomic E-state index is 0.895. The second kappa shape index (κ2) is 7.43. The molecular weight excluding hydrogens is 284 g/mol. The van der Waals surface area contributed by atoms with E-state index in [2.05, 4.69) is 34.9 Å². The molecule has 0 aromatic carbocycles. The van der Waals surface area contributed by atoms with Crippen LogP contribution in [0.4, 0.5) is 0 Å². The molecule has 0 saturated heterocycles. The first-order valence-electron chi connectivity index (χ1n) is 9.18. The van der Waals surface area contributed by atoms with Crippen LogP contribution in [-0.4, -0.2) is 32.8 Å². The van der Waals surface area contributed by atoms with Gasteiger partial charge >= 0.3 is 0 Å². The van der Waals surface area contributed by atoms with Gasteiger partial charge in [0.2, 0.25) is 0 Å². The Morgan fingerprint density at radius 1 is 1.26 bits per heavy atom. The highest BCUT2D eigenvalue weighted by molar-refractivity contribution is 5.78. The van der Waals surface area contributed by atoms with Gasteiger partial charge in [0.1, 0.15) is 0 Å². The molecule has 4 nitrogen and oxygen atoms in total. The zero-order valence-corrected chi connectivity index (χ0v) is 14.9. The second-order valence-electron chi connectivity index (χ2n) is 7.16. The Kier molecular flexibility index (Phi) is 5.31. The summed E-state index contributed by atoms with van der Waals surface area (Å²) < 4.78 is 1.88. The topological polar surface area (TPSA) is 34.0 Å². The molecule has 2 aromatic rings. The maximum atomic E-state index is 4.64. The summed E-state index contributed by atoms with van der Waals surface area (Å²) >= 11 is 0. The smallest absolute Gasteiger partial charge is 0.157 e. The molecule has 2 heterocycles. The molecule has 1 saturated carbocycles. The standard InChI is InChI=1S/C19H30N4/c1-4-10-23(13-16-8-6-5-7-9-16)14-17-11-18-15(2)21-22(3)19(18)20-12-17/h11-12,16H,4-10,13-14H2,1-3H3. The second-order valence-corrected chi connectivity index (χ2v) is 7.16. The van der Waals surface area contributed by atoms with Gasteiger partial charge in [-0.1, -0.05) is 26.2 Å². The van der Waals surface area contributed by atoms with Gasteiger partial charge in [-0.15, -0.1) is 0 Å². The average Bonchev–Trinajstić information content (AvgIpc) is 2.83. The van der Waals surface area contributed by atoms with Crippen molar-refractivity contribution in [2.24, 2.45) is 13.0 Å². The fraction of sp³-hybridized carbons (Fsp3) is 0.684. The number of hydrogen-bond donors (Lipinski definition) is 0. The van der Waals surface area contributed by atoms with Crippen molar-refractivity contribution >= 4 is 11.0 Å². The Bertz CT molecular complexity index is 640. The molecule has 1 aliphatic carbocycles. The van der Waals surface area contributed by atoms with Crippen LogP contribution < -0.4 is 0 Å². The van der Waals surface area contributed by atoms with Crippen molar-refractivity contribution in [3.8, 4) is 0 Å². The van der Waals surface area contributed by atoms with Crippen molar-refractivity contribution in [2.75, 3.05) is 13.1 Å². The lowest BCUT2D eigenvalue weighted by Crippen LogP contribution is -2.31. The molecule has 0 bridgehead atoms. The van der Waals surface area contributed by atoms with Crippen molar-refractivity contribution in [2.45, 2.75) is 58.9 Å². The lowest BCUT2D eigenvalue weighted by atomic mass is 9.89. The van der Waals surface area contributed by atoms with Crippen molar-refractivity contribution in [3.63, 3.8) is 0 Å². The number of rotatable bonds is 6. The van der Waals surface area contributed by atoms with Crippen molar-refractivity contribution < 1.29 is 0 Å². The van der Waals surface area contributed by atoms with Gasteiger partial charge in [-0.2, -0.15) is 5.10 Å². The van der Waals surface area contributed by atoms with Crippen LogP contribution in [0.5, 0.6) is 0 Å². The third kappa shape index (κ3) is 3.92. The van der Waals surface area contributed by atoms with E-state index in [0.717, 1.165) is 23.8 Å². The summed E-state index contributed by atoms with van der Waals surface area (Å²) in [6.45, 7) is 7.79. The van der Waals surface area contributed by atoms with Gasteiger partial charge in [0.25, 0.3) is 0 Å². The zero-order valence-electron chi connectivity index (χ0n) is 14.9. The molecule has 1 fully saturated rings. The van der Waals surface area contributed by atoms with Gasteiger partial charge in [0.15, 0.2) is 5.65 Å². The third-order valence-corrected chi connectivity index (χ3v) is 5.11. The van der Waals surface area contributed by atoms with E-state index in [1.54, 1.807) is 0 Å². The molecule has 0 radical (unpaired) electrons. The molecular formula is C19H30N4. The minimum Gasteiger partial charge on any atom is -0.299 e. The number of aromatic nitrogens is 3. The third-order valence-electron chi connectivity index (χ3n) is 5.11. The van der Waals surface area contributed by atoms with E-state index in [0.29, 0.717) is 0 Å². The molecule has 0 aliphatic heterocycles. The van der Waals surface area contributed by atoms with Crippen LogP contribution in [-0.2, 0) is 13.6 Å². The molecule has 2 aromatic heterocycles. The number of hydrogen-bond acceptors (Lipinski definition) is 3. The average molecular weight is 314 g/mol. The highest BCUT2D eigenvalue weighted by atomic mass is 15.3. The van der Waals surface area contributed by atoms with Gasteiger partial charge in [-0.05, 0) is 50.3 Å². The number of aryl methyl sites for hydroxylation is 2. The summed E-state index contributed by atoms with van der Waals surface area (Å²) in [5, 5.41) is 5.67. The molecule has 0 amide bonds. The lowest BCUT2D eigenvalue weighted by molar-refractivity contribution is 0.194. The molecule has 4 heteroatoms. The Morgan fingerprint density at radius 3 is 2.78 bits per heavy atom. The lowest BCUT2D eigenvalue weighted by Gasteiger charge is -2.29. The molecule has 126 valence electrons. The first-order valence-corrected chi connectivity index (χ1v) is 9.18. The van der Waals surface area contributed by atoms with Crippen LogP contribution in [0.1, 0.15) is 56.7 Å². The predicted octanol–water partition coefficient (Wildman–Crippen LogP) is 4.07. The van der Waals surface area contributed by atoms with Gasteiger partial charge < -0.3 is 0 Å². The largest absolute Gasteiger partial charge is 0.299 e. The molecule has 0 spiro atoms. The molecule has 0 unspecified atom stereocenters.